The lowest BCUT2D eigenvalue weighted by molar-refractivity contribution is -0.450. The quantitative estimate of drug-likeness (QED) is 0.261. The van der Waals surface area contributed by atoms with E-state index in [4.69, 9.17) is 0 Å². The molecule has 0 heterocycles. The topological polar surface area (TPSA) is 26.3 Å². The Labute approximate surface area is 179 Å². The molecular formula is C17H9F15O2. The molecule has 0 N–H and O–H groups in total. The number of esters is 1. The van der Waals surface area contributed by atoms with Crippen molar-refractivity contribution in [2.24, 2.45) is 0 Å². The second-order valence-corrected chi connectivity index (χ2v) is 6.47. The first-order valence-electron chi connectivity index (χ1n) is 8.15. The van der Waals surface area contributed by atoms with Crippen LogP contribution < -0.4 is 0 Å². The van der Waals surface area contributed by atoms with Crippen molar-refractivity contribution in [1.82, 2.24) is 0 Å². The second kappa shape index (κ2) is 8.55. The molecule has 1 aromatic carbocycles. The van der Waals surface area contributed by atoms with Gasteiger partial charge in [-0.05, 0) is 11.1 Å². The second-order valence-electron chi connectivity index (χ2n) is 6.47. The summed E-state index contributed by atoms with van der Waals surface area (Å²) in [7, 11) is 0. The summed E-state index contributed by atoms with van der Waals surface area (Å²) in [5.41, 5.74) is 0.122. The molecular weight excluding hydrogens is 521 g/mol. The van der Waals surface area contributed by atoms with Gasteiger partial charge in [0, 0.05) is 0 Å². The standard InChI is InChI=1S/C17H9F15O2/c1-2-8-3-5-9(6-4-8)7-34-10(33)11(18,19)12(20,21)13(22,23)14(24,25)15(26,27)16(28,29)17(30,31)32/h2-6H,1,7H2. The Kier molecular flexibility index (Phi) is 7.40. The zero-order valence-corrected chi connectivity index (χ0v) is 15.8. The maximum Gasteiger partial charge on any atom is 0.460 e. The highest BCUT2D eigenvalue weighted by Gasteiger charge is 2.94. The van der Waals surface area contributed by atoms with Crippen molar-refractivity contribution >= 4 is 12.0 Å². The molecule has 0 fully saturated rings. The largest absolute Gasteiger partial charge is 0.460 e. The molecule has 0 bridgehead atoms. The number of carbonyl (C=O) groups is 1. The highest BCUT2D eigenvalue weighted by atomic mass is 19.4. The summed E-state index contributed by atoms with van der Waals surface area (Å²) in [4.78, 5) is 11.2. The fourth-order valence-electron chi connectivity index (χ4n) is 2.08. The molecule has 194 valence electrons. The van der Waals surface area contributed by atoms with Crippen LogP contribution in [0.3, 0.4) is 0 Å². The van der Waals surface area contributed by atoms with Gasteiger partial charge in [-0.2, -0.15) is 65.9 Å². The summed E-state index contributed by atoms with van der Waals surface area (Å²) < 4.78 is 200. The molecule has 0 aliphatic heterocycles. The first kappa shape index (κ1) is 29.4. The number of halogens is 15. The molecule has 0 aromatic heterocycles. The Bertz CT molecular complexity index is 900. The van der Waals surface area contributed by atoms with E-state index in [1.807, 2.05) is 0 Å². The van der Waals surface area contributed by atoms with Gasteiger partial charge in [0.1, 0.15) is 6.61 Å². The van der Waals surface area contributed by atoms with Gasteiger partial charge in [0.15, 0.2) is 0 Å². The monoisotopic (exact) mass is 530 g/mol. The van der Waals surface area contributed by atoms with Crippen molar-refractivity contribution in [2.75, 3.05) is 0 Å². The van der Waals surface area contributed by atoms with Gasteiger partial charge in [-0.15, -0.1) is 0 Å². The molecule has 0 aliphatic rings. The van der Waals surface area contributed by atoms with E-state index in [0.717, 1.165) is 12.1 Å². The van der Waals surface area contributed by atoms with E-state index in [0.29, 0.717) is 5.56 Å². The number of carbonyl (C=O) groups excluding carboxylic acids is 1. The Hall–Kier alpha value is -2.62. The van der Waals surface area contributed by atoms with Gasteiger partial charge in [0.25, 0.3) is 0 Å². The van der Waals surface area contributed by atoms with Crippen LogP contribution in [0.15, 0.2) is 30.8 Å². The fraction of sp³-hybridized carbons (Fsp3) is 0.471. The van der Waals surface area contributed by atoms with Crippen LogP contribution in [0.1, 0.15) is 11.1 Å². The molecule has 34 heavy (non-hydrogen) atoms. The van der Waals surface area contributed by atoms with Gasteiger partial charge >= 0.3 is 47.7 Å². The third kappa shape index (κ3) is 4.28. The number of ether oxygens (including phenoxy) is 1. The molecule has 0 unspecified atom stereocenters. The van der Waals surface area contributed by atoms with E-state index >= 15 is 0 Å². The van der Waals surface area contributed by atoms with Gasteiger partial charge in [-0.25, -0.2) is 4.79 Å². The summed E-state index contributed by atoms with van der Waals surface area (Å²) in [5.74, 6) is -52.0. The molecule has 0 amide bonds. The predicted octanol–water partition coefficient (Wildman–Crippen LogP) is 6.75. The van der Waals surface area contributed by atoms with E-state index in [9.17, 15) is 70.7 Å². The van der Waals surface area contributed by atoms with Gasteiger partial charge in [-0.3, -0.25) is 0 Å². The predicted molar refractivity (Wildman–Crippen MR) is 82.1 cm³/mol. The van der Waals surface area contributed by atoms with Gasteiger partial charge in [0.05, 0.1) is 0 Å². The highest BCUT2D eigenvalue weighted by molar-refractivity contribution is 5.79. The third-order valence-electron chi connectivity index (χ3n) is 4.17. The normalized spacial score (nSPS) is 14.7. The van der Waals surface area contributed by atoms with Crippen LogP contribution in [-0.2, 0) is 16.1 Å². The lowest BCUT2D eigenvalue weighted by atomic mass is 9.91. The van der Waals surface area contributed by atoms with E-state index in [-0.39, 0.29) is 5.56 Å². The highest BCUT2D eigenvalue weighted by Crippen LogP contribution is 2.62. The van der Waals surface area contributed by atoms with Crippen LogP contribution in [0.2, 0.25) is 0 Å². The maximum atomic E-state index is 13.7. The van der Waals surface area contributed by atoms with Gasteiger partial charge in [0.2, 0.25) is 0 Å². The van der Waals surface area contributed by atoms with Crippen LogP contribution in [0.25, 0.3) is 6.08 Å². The smallest absolute Gasteiger partial charge is 0.456 e. The average molecular weight is 530 g/mol. The van der Waals surface area contributed by atoms with Gasteiger partial charge in [-0.1, -0.05) is 36.9 Å². The molecule has 0 spiro atoms. The van der Waals surface area contributed by atoms with Crippen molar-refractivity contribution in [1.29, 1.82) is 0 Å². The molecule has 0 saturated carbocycles. The molecule has 0 radical (unpaired) electrons. The third-order valence-corrected chi connectivity index (χ3v) is 4.17. The van der Waals surface area contributed by atoms with E-state index < -0.39 is 54.3 Å². The molecule has 0 atom stereocenters. The number of hydrogen-bond donors (Lipinski definition) is 0. The van der Waals surface area contributed by atoms with Gasteiger partial charge < -0.3 is 4.74 Å². The molecule has 17 heteroatoms. The van der Waals surface area contributed by atoms with Crippen molar-refractivity contribution in [3.05, 3.63) is 42.0 Å². The Morgan fingerprint density at radius 3 is 1.44 bits per heavy atom. The molecule has 2 nitrogen and oxygen atoms in total. The lowest BCUT2D eigenvalue weighted by Crippen LogP contribution is -2.73. The van der Waals surface area contributed by atoms with E-state index in [1.165, 1.54) is 18.2 Å². The maximum absolute atomic E-state index is 13.7. The van der Waals surface area contributed by atoms with Crippen molar-refractivity contribution in [2.45, 2.75) is 48.3 Å². The molecule has 0 saturated heterocycles. The number of rotatable bonds is 9. The Morgan fingerprint density at radius 1 is 0.676 bits per heavy atom. The number of benzene rings is 1. The lowest BCUT2D eigenvalue weighted by Gasteiger charge is -2.40. The Balaban J connectivity index is 3.33. The molecule has 1 aromatic rings. The van der Waals surface area contributed by atoms with E-state index in [2.05, 4.69) is 11.3 Å². The zero-order valence-electron chi connectivity index (χ0n) is 15.8. The van der Waals surface area contributed by atoms with Crippen molar-refractivity contribution < 1.29 is 75.4 Å². The summed E-state index contributed by atoms with van der Waals surface area (Å²) >= 11 is 0. The SMILES string of the molecule is C=Cc1ccc(COC(=O)C(F)(F)C(F)(F)C(F)(F)C(F)(F)C(F)(F)C(F)(F)C(F)(F)F)cc1. The van der Waals surface area contributed by atoms with Crippen LogP contribution in [0, 0.1) is 0 Å². The zero-order chi connectivity index (χ0) is 27.2. The average Bonchev–Trinajstić information content (AvgIpc) is 2.70. The number of hydrogen-bond acceptors (Lipinski definition) is 2. The van der Waals surface area contributed by atoms with Crippen LogP contribution in [-0.4, -0.2) is 47.7 Å². The molecule has 1 rings (SSSR count). The van der Waals surface area contributed by atoms with Crippen LogP contribution >= 0.6 is 0 Å². The summed E-state index contributed by atoms with van der Waals surface area (Å²) in [6, 6.07) is 4.40. The number of alkyl halides is 15. The Morgan fingerprint density at radius 2 is 1.06 bits per heavy atom. The van der Waals surface area contributed by atoms with Crippen molar-refractivity contribution in [3.63, 3.8) is 0 Å². The summed E-state index contributed by atoms with van der Waals surface area (Å²) in [5, 5.41) is 0. The first-order valence-corrected chi connectivity index (χ1v) is 8.15. The first-order chi connectivity index (χ1) is 14.9. The minimum Gasteiger partial charge on any atom is -0.456 e. The van der Waals surface area contributed by atoms with Crippen LogP contribution in [0.4, 0.5) is 65.9 Å². The minimum atomic E-state index is -8.47. The fourth-order valence-corrected chi connectivity index (χ4v) is 2.08. The van der Waals surface area contributed by atoms with Crippen LogP contribution in [0.5, 0.6) is 0 Å². The minimum absolute atomic E-state index is 0.272. The van der Waals surface area contributed by atoms with E-state index in [1.54, 1.807) is 0 Å². The summed E-state index contributed by atoms with van der Waals surface area (Å²) in [6.07, 6.45) is -6.45. The summed E-state index contributed by atoms with van der Waals surface area (Å²) in [6.45, 7) is 1.94. The molecule has 0 aliphatic carbocycles. The van der Waals surface area contributed by atoms with Crippen molar-refractivity contribution in [3.8, 4) is 0 Å².